The van der Waals surface area contributed by atoms with Crippen molar-refractivity contribution in [3.8, 4) is 0 Å². The molecule has 1 fully saturated rings. The first kappa shape index (κ1) is 22.1. The summed E-state index contributed by atoms with van der Waals surface area (Å²) in [4.78, 5) is 25.7. The van der Waals surface area contributed by atoms with Crippen LogP contribution in [-0.2, 0) is 16.0 Å². The minimum absolute atomic E-state index is 0.128. The molecule has 0 saturated carbocycles. The van der Waals surface area contributed by atoms with E-state index >= 15 is 0 Å². The highest BCUT2D eigenvalue weighted by Gasteiger charge is 2.40. The number of hydrogen-bond donors (Lipinski definition) is 2. The Balaban J connectivity index is 2.22. The Hall–Kier alpha value is -2.22. The molecule has 1 aromatic carbocycles. The number of carboxylic acids is 1. The molecule has 1 heterocycles. The van der Waals surface area contributed by atoms with Crippen molar-refractivity contribution in [1.29, 1.82) is 0 Å². The van der Waals surface area contributed by atoms with Gasteiger partial charge in [0.15, 0.2) is 0 Å². The van der Waals surface area contributed by atoms with Crippen molar-refractivity contribution in [3.63, 3.8) is 0 Å². The average Bonchev–Trinajstić information content (AvgIpc) is 2.56. The van der Waals surface area contributed by atoms with Crippen LogP contribution in [0.2, 0.25) is 0 Å². The Labute approximate surface area is 163 Å². The molecule has 1 aromatic rings. The molecule has 2 N–H and O–H groups in total. The van der Waals surface area contributed by atoms with Crippen LogP contribution in [0.5, 0.6) is 0 Å². The summed E-state index contributed by atoms with van der Waals surface area (Å²) in [5, 5.41) is 20.4. The van der Waals surface area contributed by atoms with Crippen LogP contribution in [0.1, 0.15) is 45.6 Å². The summed E-state index contributed by atoms with van der Waals surface area (Å²) in [5.41, 5.74) is -0.599. The molecule has 6 nitrogen and oxygen atoms in total. The maximum absolute atomic E-state index is 13.4. The van der Waals surface area contributed by atoms with E-state index < -0.39 is 47.4 Å². The smallest absolute Gasteiger partial charge is 0.410 e. The van der Waals surface area contributed by atoms with E-state index in [4.69, 9.17) is 4.74 Å². The molecule has 1 unspecified atom stereocenters. The van der Waals surface area contributed by atoms with Crippen LogP contribution in [-0.4, -0.2) is 51.5 Å². The van der Waals surface area contributed by atoms with Crippen LogP contribution in [0.4, 0.5) is 13.6 Å². The van der Waals surface area contributed by atoms with Gasteiger partial charge in [0.05, 0.1) is 18.1 Å². The lowest BCUT2D eigenvalue weighted by atomic mass is 9.85. The molecule has 1 aliphatic rings. The number of ether oxygens (including phenoxy) is 1. The van der Waals surface area contributed by atoms with Crippen molar-refractivity contribution in [1.82, 2.24) is 4.90 Å². The molecule has 0 aliphatic carbocycles. The number of carbonyl (C=O) groups excluding carboxylic acids is 1. The normalized spacial score (nSPS) is 19.8. The third-order valence-electron chi connectivity index (χ3n) is 4.68. The van der Waals surface area contributed by atoms with E-state index in [0.29, 0.717) is 19.0 Å². The van der Waals surface area contributed by atoms with Gasteiger partial charge in [-0.3, -0.25) is 4.79 Å². The minimum atomic E-state index is -1.41. The number of hydrogen-bond acceptors (Lipinski definition) is 4. The third kappa shape index (κ3) is 5.89. The average molecular weight is 399 g/mol. The topological polar surface area (TPSA) is 87.1 Å². The first-order chi connectivity index (χ1) is 13.0. The molecule has 156 valence electrons. The molecule has 28 heavy (non-hydrogen) atoms. The van der Waals surface area contributed by atoms with Crippen molar-refractivity contribution < 1.29 is 33.3 Å². The number of benzene rings is 1. The van der Waals surface area contributed by atoms with Gasteiger partial charge in [-0.15, -0.1) is 0 Å². The van der Waals surface area contributed by atoms with Crippen LogP contribution in [0.15, 0.2) is 18.2 Å². The van der Waals surface area contributed by atoms with E-state index in [1.54, 1.807) is 20.8 Å². The standard InChI is InChI=1S/C20H27F2NO5/c1-20(2,3)28-19(27)23-7-5-4-6-16(23)17(24)15(18(25)26)10-12-8-13(21)11-14(22)9-12/h8-9,11,15-17,24H,4-7,10H2,1-3H3,(H,25,26)/t15-,16?,17-/m0/s1. The molecule has 1 amide bonds. The highest BCUT2D eigenvalue weighted by atomic mass is 19.1. The van der Waals surface area contributed by atoms with Gasteiger partial charge < -0.3 is 19.8 Å². The van der Waals surface area contributed by atoms with Gasteiger partial charge in [0.1, 0.15) is 17.2 Å². The Morgan fingerprint density at radius 2 is 1.82 bits per heavy atom. The predicted octanol–water partition coefficient (Wildman–Crippen LogP) is 3.36. The Morgan fingerprint density at radius 3 is 2.36 bits per heavy atom. The second-order valence-electron chi connectivity index (χ2n) is 8.15. The van der Waals surface area contributed by atoms with Gasteiger partial charge in [-0.1, -0.05) is 0 Å². The lowest BCUT2D eigenvalue weighted by Gasteiger charge is -2.40. The molecule has 1 aliphatic heterocycles. The van der Waals surface area contributed by atoms with Gasteiger partial charge in [0.25, 0.3) is 0 Å². The second kappa shape index (κ2) is 8.86. The fourth-order valence-corrected chi connectivity index (χ4v) is 3.46. The Morgan fingerprint density at radius 1 is 1.21 bits per heavy atom. The van der Waals surface area contributed by atoms with E-state index in [1.165, 1.54) is 4.90 Å². The summed E-state index contributed by atoms with van der Waals surface area (Å²) in [6.45, 7) is 5.51. The fraction of sp³-hybridized carbons (Fsp3) is 0.600. The summed E-state index contributed by atoms with van der Waals surface area (Å²) in [6.07, 6.45) is -0.420. The van der Waals surface area contributed by atoms with Crippen molar-refractivity contribution in [3.05, 3.63) is 35.4 Å². The summed E-state index contributed by atoms with van der Waals surface area (Å²) in [6, 6.07) is 2.03. The van der Waals surface area contributed by atoms with E-state index in [1.807, 2.05) is 0 Å². The summed E-state index contributed by atoms with van der Waals surface area (Å²) < 4.78 is 32.3. The van der Waals surface area contributed by atoms with E-state index in [0.717, 1.165) is 25.0 Å². The van der Waals surface area contributed by atoms with Gasteiger partial charge in [-0.2, -0.15) is 0 Å². The Bertz CT molecular complexity index is 699. The lowest BCUT2D eigenvalue weighted by Crippen LogP contribution is -2.54. The van der Waals surface area contributed by atoms with Crippen LogP contribution in [0, 0.1) is 17.6 Å². The van der Waals surface area contributed by atoms with Crippen LogP contribution in [0.25, 0.3) is 0 Å². The van der Waals surface area contributed by atoms with Gasteiger partial charge in [0, 0.05) is 12.6 Å². The summed E-state index contributed by atoms with van der Waals surface area (Å²) >= 11 is 0. The van der Waals surface area contributed by atoms with Gasteiger partial charge in [-0.25, -0.2) is 13.6 Å². The number of aliphatic carboxylic acids is 1. The van der Waals surface area contributed by atoms with E-state index in [-0.39, 0.29) is 12.0 Å². The zero-order valence-corrected chi connectivity index (χ0v) is 16.3. The van der Waals surface area contributed by atoms with Gasteiger partial charge >= 0.3 is 12.1 Å². The number of aliphatic hydroxyl groups excluding tert-OH is 1. The minimum Gasteiger partial charge on any atom is -0.481 e. The highest BCUT2D eigenvalue weighted by molar-refractivity contribution is 5.72. The molecule has 1 saturated heterocycles. The number of aliphatic hydroxyl groups is 1. The fourth-order valence-electron chi connectivity index (χ4n) is 3.46. The van der Waals surface area contributed by atoms with Gasteiger partial charge in [0.2, 0.25) is 0 Å². The molecule has 0 bridgehead atoms. The third-order valence-corrected chi connectivity index (χ3v) is 4.68. The molecular formula is C20H27F2NO5. The number of rotatable bonds is 5. The maximum atomic E-state index is 13.4. The number of nitrogens with zero attached hydrogens (tertiary/aromatic N) is 1. The zero-order chi connectivity index (χ0) is 21.1. The zero-order valence-electron chi connectivity index (χ0n) is 16.3. The van der Waals surface area contributed by atoms with Crippen molar-refractivity contribution in [2.45, 2.75) is 64.2 Å². The molecular weight excluding hydrogens is 372 g/mol. The molecule has 0 aromatic heterocycles. The van der Waals surface area contributed by atoms with Crippen LogP contribution >= 0.6 is 0 Å². The SMILES string of the molecule is CC(C)(C)OC(=O)N1CCCCC1[C@@H](O)[C@H](Cc1cc(F)cc(F)c1)C(=O)O. The quantitative estimate of drug-likeness (QED) is 0.793. The first-order valence-corrected chi connectivity index (χ1v) is 9.33. The maximum Gasteiger partial charge on any atom is 0.410 e. The van der Waals surface area contributed by atoms with Crippen molar-refractivity contribution >= 4 is 12.1 Å². The predicted molar refractivity (Wildman–Crippen MR) is 97.8 cm³/mol. The lowest BCUT2D eigenvalue weighted by molar-refractivity contribution is -0.148. The Kier molecular flexibility index (Phi) is 6.98. The van der Waals surface area contributed by atoms with E-state index in [2.05, 4.69) is 0 Å². The van der Waals surface area contributed by atoms with Crippen molar-refractivity contribution in [2.24, 2.45) is 5.92 Å². The van der Waals surface area contributed by atoms with Crippen LogP contribution in [0.3, 0.4) is 0 Å². The number of piperidine rings is 1. The number of halogens is 2. The number of carbonyl (C=O) groups is 2. The molecule has 3 atom stereocenters. The molecule has 2 rings (SSSR count). The number of likely N-dealkylation sites (tertiary alicyclic amines) is 1. The van der Waals surface area contributed by atoms with E-state index in [9.17, 15) is 28.6 Å². The molecule has 8 heteroatoms. The summed E-state index contributed by atoms with van der Waals surface area (Å²) in [5.74, 6) is -4.26. The summed E-state index contributed by atoms with van der Waals surface area (Å²) in [7, 11) is 0. The highest BCUT2D eigenvalue weighted by Crippen LogP contribution is 2.27. The van der Waals surface area contributed by atoms with Crippen LogP contribution < -0.4 is 0 Å². The largest absolute Gasteiger partial charge is 0.481 e. The molecule has 0 radical (unpaired) electrons. The van der Waals surface area contributed by atoms with Crippen molar-refractivity contribution in [2.75, 3.05) is 6.54 Å². The number of amides is 1. The molecule has 0 spiro atoms. The monoisotopic (exact) mass is 399 g/mol. The second-order valence-corrected chi connectivity index (χ2v) is 8.15. The first-order valence-electron chi connectivity index (χ1n) is 9.33. The van der Waals surface area contributed by atoms with Gasteiger partial charge in [-0.05, 0) is 64.2 Å². The number of carboxylic acid groups (broad SMARTS) is 1.